The maximum absolute atomic E-state index is 2.35. The molecule has 0 atom stereocenters. The number of hydrogen-bond donors (Lipinski definition) is 0. The van der Waals surface area contributed by atoms with Crippen LogP contribution in [-0.2, 0) is 0 Å². The molecule has 10 aromatic rings. The topological polar surface area (TPSA) is 3.24 Å². The van der Waals surface area contributed by atoms with E-state index in [1.807, 2.05) is 0 Å². The van der Waals surface area contributed by atoms with Crippen LogP contribution >= 0.6 is 0 Å². The summed E-state index contributed by atoms with van der Waals surface area (Å²) in [7, 11) is 0. The first-order chi connectivity index (χ1) is 28.2. The van der Waals surface area contributed by atoms with Gasteiger partial charge in [-0.05, 0) is 138 Å². The molecule has 0 N–H and O–H groups in total. The maximum atomic E-state index is 2.35. The van der Waals surface area contributed by atoms with Crippen molar-refractivity contribution in [2.75, 3.05) is 4.90 Å². The summed E-state index contributed by atoms with van der Waals surface area (Å²) in [5.41, 5.74) is 15.4. The molecule has 0 aromatic heterocycles. The van der Waals surface area contributed by atoms with Crippen molar-refractivity contribution in [1.82, 2.24) is 0 Å². The van der Waals surface area contributed by atoms with E-state index in [1.54, 1.807) is 0 Å². The molecule has 10 aromatic carbocycles. The van der Waals surface area contributed by atoms with Gasteiger partial charge in [0.15, 0.2) is 0 Å². The van der Waals surface area contributed by atoms with Crippen LogP contribution < -0.4 is 4.90 Å². The van der Waals surface area contributed by atoms with Crippen molar-refractivity contribution < 1.29 is 0 Å². The van der Waals surface area contributed by atoms with Gasteiger partial charge in [0, 0.05) is 17.1 Å². The molecule has 10 rings (SSSR count). The first kappa shape index (κ1) is 34.0. The van der Waals surface area contributed by atoms with Crippen molar-refractivity contribution in [3.63, 3.8) is 0 Å². The van der Waals surface area contributed by atoms with E-state index >= 15 is 0 Å². The summed E-state index contributed by atoms with van der Waals surface area (Å²) in [5, 5.41) is 4.99. The molecule has 0 aliphatic rings. The van der Waals surface area contributed by atoms with E-state index in [4.69, 9.17) is 0 Å². The number of benzene rings is 10. The summed E-state index contributed by atoms with van der Waals surface area (Å²) in [5.74, 6) is 0. The monoisotopic (exact) mass is 725 g/mol. The summed E-state index contributed by atoms with van der Waals surface area (Å²) in [6, 6.07) is 85.6. The third-order valence-corrected chi connectivity index (χ3v) is 11.0. The molecule has 0 radical (unpaired) electrons. The van der Waals surface area contributed by atoms with Crippen molar-refractivity contribution in [1.29, 1.82) is 0 Å². The zero-order chi connectivity index (χ0) is 38.0. The van der Waals surface area contributed by atoms with Gasteiger partial charge in [0.2, 0.25) is 0 Å². The first-order valence-corrected chi connectivity index (χ1v) is 19.6. The number of hydrogen-bond acceptors (Lipinski definition) is 1. The molecule has 1 nitrogen and oxygen atoms in total. The molecule has 0 spiro atoms. The van der Waals surface area contributed by atoms with Crippen molar-refractivity contribution in [3.8, 4) is 55.6 Å². The van der Waals surface area contributed by atoms with Gasteiger partial charge in [0.25, 0.3) is 0 Å². The van der Waals surface area contributed by atoms with Crippen molar-refractivity contribution >= 4 is 38.6 Å². The highest BCUT2D eigenvalue weighted by molar-refractivity contribution is 5.93. The third-order valence-electron chi connectivity index (χ3n) is 11.0. The molecular formula is C56H39N. The highest BCUT2D eigenvalue weighted by Crippen LogP contribution is 2.39. The lowest BCUT2D eigenvalue weighted by Gasteiger charge is -2.26. The lowest BCUT2D eigenvalue weighted by atomic mass is 9.96. The van der Waals surface area contributed by atoms with Gasteiger partial charge in [-0.25, -0.2) is 0 Å². The Balaban J connectivity index is 0.982. The van der Waals surface area contributed by atoms with Gasteiger partial charge in [-0.2, -0.15) is 0 Å². The highest BCUT2D eigenvalue weighted by atomic mass is 15.1. The molecule has 268 valence electrons. The molecule has 0 saturated carbocycles. The van der Waals surface area contributed by atoms with E-state index in [-0.39, 0.29) is 0 Å². The Morgan fingerprint density at radius 1 is 0.175 bits per heavy atom. The minimum Gasteiger partial charge on any atom is -0.311 e. The molecule has 0 unspecified atom stereocenters. The molecule has 1 heteroatoms. The third kappa shape index (κ3) is 6.99. The van der Waals surface area contributed by atoms with Crippen LogP contribution in [0.4, 0.5) is 17.1 Å². The molecule has 0 fully saturated rings. The fourth-order valence-corrected chi connectivity index (χ4v) is 7.97. The quantitative estimate of drug-likeness (QED) is 0.151. The van der Waals surface area contributed by atoms with Gasteiger partial charge >= 0.3 is 0 Å². The fourth-order valence-electron chi connectivity index (χ4n) is 7.97. The molecule has 57 heavy (non-hydrogen) atoms. The van der Waals surface area contributed by atoms with Gasteiger partial charge in [-0.15, -0.1) is 0 Å². The number of nitrogens with zero attached hydrogens (tertiary/aromatic N) is 1. The molecule has 0 aliphatic carbocycles. The van der Waals surface area contributed by atoms with Crippen molar-refractivity contribution in [3.05, 3.63) is 237 Å². The average molecular weight is 726 g/mol. The van der Waals surface area contributed by atoms with Crippen LogP contribution in [0.2, 0.25) is 0 Å². The van der Waals surface area contributed by atoms with Crippen LogP contribution in [0.5, 0.6) is 0 Å². The minimum atomic E-state index is 1.10. The van der Waals surface area contributed by atoms with E-state index in [0.29, 0.717) is 0 Å². The molecule has 0 saturated heterocycles. The van der Waals surface area contributed by atoms with E-state index in [2.05, 4.69) is 241 Å². The zero-order valence-electron chi connectivity index (χ0n) is 31.5. The van der Waals surface area contributed by atoms with Crippen LogP contribution in [0.3, 0.4) is 0 Å². The van der Waals surface area contributed by atoms with Gasteiger partial charge in [-0.1, -0.05) is 176 Å². The van der Waals surface area contributed by atoms with Crippen molar-refractivity contribution in [2.24, 2.45) is 0 Å². The van der Waals surface area contributed by atoms with Crippen LogP contribution in [0.1, 0.15) is 0 Å². The second-order valence-electron chi connectivity index (χ2n) is 14.6. The van der Waals surface area contributed by atoms with E-state index in [1.165, 1.54) is 77.2 Å². The lowest BCUT2D eigenvalue weighted by Crippen LogP contribution is -2.09. The Kier molecular flexibility index (Phi) is 8.95. The molecule has 0 amide bonds. The normalized spacial score (nSPS) is 11.2. The summed E-state index contributed by atoms with van der Waals surface area (Å²) < 4.78 is 0. The van der Waals surface area contributed by atoms with Gasteiger partial charge in [0.1, 0.15) is 0 Å². The predicted molar refractivity (Wildman–Crippen MR) is 243 cm³/mol. The van der Waals surface area contributed by atoms with E-state index in [9.17, 15) is 0 Å². The smallest absolute Gasteiger partial charge is 0.0462 e. The van der Waals surface area contributed by atoms with Crippen LogP contribution in [-0.4, -0.2) is 0 Å². The Hall–Kier alpha value is -7.48. The predicted octanol–water partition coefficient (Wildman–Crippen LogP) is 15.8. The van der Waals surface area contributed by atoms with Gasteiger partial charge in [-0.3, -0.25) is 0 Å². The Morgan fingerprint density at radius 2 is 0.474 bits per heavy atom. The zero-order valence-corrected chi connectivity index (χ0v) is 31.5. The molecule has 0 heterocycles. The average Bonchev–Trinajstić information content (AvgIpc) is 3.30. The van der Waals surface area contributed by atoms with E-state index < -0.39 is 0 Å². The number of rotatable bonds is 8. The highest BCUT2D eigenvalue weighted by Gasteiger charge is 2.14. The maximum Gasteiger partial charge on any atom is 0.0462 e. The van der Waals surface area contributed by atoms with Crippen LogP contribution in [0.15, 0.2) is 237 Å². The fraction of sp³-hybridized carbons (Fsp3) is 0. The molecule has 0 bridgehead atoms. The Bertz CT molecular complexity index is 2970. The van der Waals surface area contributed by atoms with Crippen molar-refractivity contribution in [2.45, 2.75) is 0 Å². The van der Waals surface area contributed by atoms with E-state index in [0.717, 1.165) is 17.1 Å². The second kappa shape index (κ2) is 15.0. The molecule has 0 aliphatic heterocycles. The largest absolute Gasteiger partial charge is 0.311 e. The number of anilines is 3. The summed E-state index contributed by atoms with van der Waals surface area (Å²) in [6.07, 6.45) is 0. The first-order valence-electron chi connectivity index (χ1n) is 19.6. The summed E-state index contributed by atoms with van der Waals surface area (Å²) in [6.45, 7) is 0. The Labute approximate surface area is 334 Å². The minimum absolute atomic E-state index is 1.10. The Morgan fingerprint density at radius 3 is 0.965 bits per heavy atom. The number of fused-ring (bicyclic) bond motifs is 2. The lowest BCUT2D eigenvalue weighted by molar-refractivity contribution is 1.28. The summed E-state index contributed by atoms with van der Waals surface area (Å²) in [4.78, 5) is 2.35. The standard InChI is InChI=1S/C56H39N/c1-3-10-40(11-4-1)43-24-30-54(31-25-43)57(55-32-26-44(27-33-55)49-17-9-16-48(36-49)41-12-5-2-6-13-41)56-34-28-45(29-35-56)50-21-19-46-20-23-52(39-53(46)38-50)51-22-18-42-14-7-8-15-47(42)37-51/h1-39H. The second-order valence-corrected chi connectivity index (χ2v) is 14.6. The van der Waals surface area contributed by atoms with Gasteiger partial charge in [0.05, 0.1) is 0 Å². The van der Waals surface area contributed by atoms with Gasteiger partial charge < -0.3 is 4.90 Å². The molecular weight excluding hydrogens is 687 g/mol. The van der Waals surface area contributed by atoms with Crippen LogP contribution in [0.25, 0.3) is 77.2 Å². The SMILES string of the molecule is c1ccc(-c2ccc(N(c3ccc(-c4cccc(-c5ccccc5)c4)cc3)c3ccc(-c4ccc5ccc(-c6ccc7ccccc7c6)cc5c4)cc3)cc2)cc1. The van der Waals surface area contributed by atoms with Crippen LogP contribution in [0, 0.1) is 0 Å². The summed E-state index contributed by atoms with van der Waals surface area (Å²) >= 11 is 0.